The van der Waals surface area contributed by atoms with Crippen LogP contribution in [0.4, 0.5) is 4.79 Å². The Kier molecular flexibility index (Phi) is 7.93. The van der Waals surface area contributed by atoms with E-state index in [0.29, 0.717) is 18.8 Å². The number of hydrogen-bond acceptors (Lipinski definition) is 3. The van der Waals surface area contributed by atoms with E-state index in [-0.39, 0.29) is 0 Å². The summed E-state index contributed by atoms with van der Waals surface area (Å²) in [6.45, 7) is 18.9. The van der Waals surface area contributed by atoms with Crippen molar-refractivity contribution in [2.24, 2.45) is 17.8 Å². The van der Waals surface area contributed by atoms with Crippen molar-refractivity contribution < 1.29 is 14.3 Å². The van der Waals surface area contributed by atoms with Crippen molar-refractivity contribution >= 4 is 11.7 Å². The Morgan fingerprint density at radius 3 is 2.52 bits per heavy atom. The van der Waals surface area contributed by atoms with Crippen molar-refractivity contribution in [1.82, 2.24) is 5.32 Å². The third-order valence-electron chi connectivity index (χ3n) is 6.22. The third kappa shape index (κ3) is 6.08. The van der Waals surface area contributed by atoms with Crippen LogP contribution in [0.3, 0.4) is 0 Å². The monoisotopic (exact) mass is 401 g/mol. The first-order chi connectivity index (χ1) is 13.5. The molecule has 1 heterocycles. The van der Waals surface area contributed by atoms with Crippen molar-refractivity contribution in [3.8, 4) is 0 Å². The molecule has 1 aliphatic carbocycles. The molecule has 1 amide bonds. The minimum absolute atomic E-state index is 0.369. The maximum Gasteiger partial charge on any atom is 0.407 e. The van der Waals surface area contributed by atoms with Crippen LogP contribution in [0.5, 0.6) is 0 Å². The predicted octanol–water partition coefficient (Wildman–Crippen LogP) is 6.16. The molecule has 29 heavy (non-hydrogen) atoms. The molecule has 1 N–H and O–H groups in total. The standard InChI is InChI=1S/C15H21NO2.C10H18O/c1-6-18-14(17)16-15(4,5)13-9-7-8-12(10-13)11(2)3;1-6-4-7(2)10-9(6)5-8(3)11-10/h7-10H,2,6H2,1,3-5H3,(H,16,17);6-10H,4-5H2,1-3H3. The minimum Gasteiger partial charge on any atom is -0.450 e. The molecule has 4 heteroatoms. The molecule has 162 valence electrons. The van der Waals surface area contributed by atoms with Gasteiger partial charge in [-0.15, -0.1) is 0 Å². The molecule has 3 rings (SSSR count). The highest BCUT2D eigenvalue weighted by Gasteiger charge is 2.45. The highest BCUT2D eigenvalue weighted by Crippen LogP contribution is 2.45. The average Bonchev–Trinajstić information content (AvgIpc) is 3.14. The summed E-state index contributed by atoms with van der Waals surface area (Å²) in [5, 5.41) is 2.85. The lowest BCUT2D eigenvalue weighted by Gasteiger charge is -2.26. The van der Waals surface area contributed by atoms with E-state index >= 15 is 0 Å². The highest BCUT2D eigenvalue weighted by atomic mass is 16.5. The second kappa shape index (κ2) is 9.80. The van der Waals surface area contributed by atoms with Crippen LogP contribution in [0.15, 0.2) is 30.8 Å². The molecule has 4 nitrogen and oxygen atoms in total. The number of amides is 1. The summed E-state index contributed by atoms with van der Waals surface area (Å²) in [5.74, 6) is 2.58. The number of benzene rings is 1. The number of alkyl carbamates (subject to hydrolysis) is 1. The van der Waals surface area contributed by atoms with Gasteiger partial charge >= 0.3 is 6.09 Å². The molecule has 1 aliphatic heterocycles. The summed E-state index contributed by atoms with van der Waals surface area (Å²) in [6.07, 6.45) is 3.40. The Labute approximate surface area is 177 Å². The fourth-order valence-electron chi connectivity index (χ4n) is 4.62. The summed E-state index contributed by atoms with van der Waals surface area (Å²) in [7, 11) is 0. The number of rotatable bonds is 4. The van der Waals surface area contributed by atoms with Gasteiger partial charge in [-0.1, -0.05) is 44.2 Å². The van der Waals surface area contributed by atoms with Crippen molar-refractivity contribution in [3.05, 3.63) is 42.0 Å². The van der Waals surface area contributed by atoms with Gasteiger partial charge in [0.05, 0.1) is 24.4 Å². The van der Waals surface area contributed by atoms with E-state index in [2.05, 4.69) is 32.7 Å². The maximum atomic E-state index is 11.5. The second-order valence-electron chi connectivity index (χ2n) is 9.33. The molecule has 2 fully saturated rings. The van der Waals surface area contributed by atoms with Gasteiger partial charge in [0.25, 0.3) is 0 Å². The Bertz CT molecular complexity index is 696. The predicted molar refractivity (Wildman–Crippen MR) is 120 cm³/mol. The molecular weight excluding hydrogens is 362 g/mol. The van der Waals surface area contributed by atoms with Gasteiger partial charge in [0.15, 0.2) is 0 Å². The average molecular weight is 402 g/mol. The molecule has 0 bridgehead atoms. The molecule has 0 radical (unpaired) electrons. The highest BCUT2D eigenvalue weighted by molar-refractivity contribution is 5.69. The molecule has 2 aliphatic rings. The van der Waals surface area contributed by atoms with E-state index in [1.165, 1.54) is 12.8 Å². The molecule has 1 aromatic carbocycles. The second-order valence-corrected chi connectivity index (χ2v) is 9.33. The number of allylic oxidation sites excluding steroid dienone is 1. The number of carbonyl (C=O) groups is 1. The van der Waals surface area contributed by atoms with Gasteiger partial charge in [0.1, 0.15) is 0 Å². The zero-order chi connectivity index (χ0) is 21.8. The van der Waals surface area contributed by atoms with E-state index in [1.807, 2.05) is 45.0 Å². The van der Waals surface area contributed by atoms with Crippen molar-refractivity contribution in [3.63, 3.8) is 0 Å². The maximum absolute atomic E-state index is 11.5. The normalized spacial score (nSPS) is 28.2. The number of ether oxygens (including phenoxy) is 2. The van der Waals surface area contributed by atoms with Crippen LogP contribution in [0.1, 0.15) is 72.4 Å². The van der Waals surface area contributed by atoms with Crippen molar-refractivity contribution in [1.29, 1.82) is 0 Å². The fourth-order valence-corrected chi connectivity index (χ4v) is 4.62. The van der Waals surface area contributed by atoms with Gasteiger partial charge in [-0.25, -0.2) is 4.79 Å². The molecular formula is C25H39NO3. The molecule has 1 saturated heterocycles. The number of fused-ring (bicyclic) bond motifs is 1. The summed E-state index contributed by atoms with van der Waals surface area (Å²) in [4.78, 5) is 11.5. The zero-order valence-electron chi connectivity index (χ0n) is 19.2. The molecule has 1 aromatic rings. The van der Waals surface area contributed by atoms with Crippen LogP contribution in [0, 0.1) is 17.8 Å². The molecule has 5 unspecified atom stereocenters. The van der Waals surface area contributed by atoms with Crippen LogP contribution < -0.4 is 5.32 Å². The van der Waals surface area contributed by atoms with Crippen molar-refractivity contribution in [2.45, 2.75) is 79.1 Å². The van der Waals surface area contributed by atoms with Crippen molar-refractivity contribution in [2.75, 3.05) is 6.61 Å². The lowest BCUT2D eigenvalue weighted by Crippen LogP contribution is -2.41. The molecule has 5 atom stereocenters. The van der Waals surface area contributed by atoms with Crippen LogP contribution >= 0.6 is 0 Å². The van der Waals surface area contributed by atoms with Gasteiger partial charge in [0, 0.05) is 0 Å². The summed E-state index contributed by atoms with van der Waals surface area (Å²) >= 11 is 0. The summed E-state index contributed by atoms with van der Waals surface area (Å²) in [5.41, 5.74) is 2.63. The summed E-state index contributed by atoms with van der Waals surface area (Å²) in [6, 6.07) is 7.99. The Balaban J connectivity index is 0.000000230. The first-order valence-corrected chi connectivity index (χ1v) is 10.9. The molecule has 0 spiro atoms. The van der Waals surface area contributed by atoms with Gasteiger partial charge in [0.2, 0.25) is 0 Å². The van der Waals surface area contributed by atoms with Crippen LogP contribution in [-0.2, 0) is 15.0 Å². The van der Waals surface area contributed by atoms with Crippen LogP contribution in [0.25, 0.3) is 5.57 Å². The van der Waals surface area contributed by atoms with E-state index in [1.54, 1.807) is 6.92 Å². The number of hydrogen-bond donors (Lipinski definition) is 1. The largest absolute Gasteiger partial charge is 0.450 e. The van der Waals surface area contributed by atoms with Gasteiger partial charge in [-0.3, -0.25) is 0 Å². The van der Waals surface area contributed by atoms with E-state index in [9.17, 15) is 4.79 Å². The smallest absolute Gasteiger partial charge is 0.407 e. The van der Waals surface area contributed by atoms with Gasteiger partial charge in [-0.2, -0.15) is 0 Å². The van der Waals surface area contributed by atoms with E-state index in [4.69, 9.17) is 9.47 Å². The van der Waals surface area contributed by atoms with Gasteiger partial charge < -0.3 is 14.8 Å². The molecule has 0 aromatic heterocycles. The lowest BCUT2D eigenvalue weighted by atomic mass is 9.92. The zero-order valence-corrected chi connectivity index (χ0v) is 19.2. The number of carbonyl (C=O) groups excluding carboxylic acids is 1. The Morgan fingerprint density at radius 1 is 1.24 bits per heavy atom. The van der Waals surface area contributed by atoms with E-state index < -0.39 is 11.6 Å². The Hall–Kier alpha value is -1.81. The number of nitrogens with one attached hydrogen (secondary N) is 1. The minimum atomic E-state index is -0.474. The Morgan fingerprint density at radius 2 is 1.93 bits per heavy atom. The fraction of sp³-hybridized carbons (Fsp3) is 0.640. The van der Waals surface area contributed by atoms with E-state index in [0.717, 1.165) is 34.5 Å². The van der Waals surface area contributed by atoms with Crippen LogP contribution in [-0.4, -0.2) is 24.9 Å². The third-order valence-corrected chi connectivity index (χ3v) is 6.22. The lowest BCUT2D eigenvalue weighted by molar-refractivity contribution is 0.0265. The summed E-state index contributed by atoms with van der Waals surface area (Å²) < 4.78 is 10.8. The first kappa shape index (κ1) is 23.5. The molecule has 1 saturated carbocycles. The first-order valence-electron chi connectivity index (χ1n) is 10.9. The van der Waals surface area contributed by atoms with Gasteiger partial charge in [-0.05, 0) is 82.4 Å². The topological polar surface area (TPSA) is 47.6 Å². The quantitative estimate of drug-likeness (QED) is 0.657. The SMILES string of the molecule is C=C(C)c1cccc(C(C)(C)NC(=O)OCC)c1.CC1CC2C(C)CC(C)C2O1. The van der Waals surface area contributed by atoms with Crippen LogP contribution in [0.2, 0.25) is 0 Å².